The molecule has 1 aromatic heterocycles. The van der Waals surface area contributed by atoms with Crippen molar-refractivity contribution in [3.05, 3.63) is 35.9 Å². The molecule has 2 aromatic rings. The van der Waals surface area contributed by atoms with Gasteiger partial charge in [0.25, 0.3) is 0 Å². The van der Waals surface area contributed by atoms with E-state index in [1.54, 1.807) is 16.8 Å². The van der Waals surface area contributed by atoms with Gasteiger partial charge in [-0.3, -0.25) is 0 Å². The number of aromatic nitrogens is 2. The molecule has 21 heavy (non-hydrogen) atoms. The van der Waals surface area contributed by atoms with Crippen molar-refractivity contribution in [2.75, 3.05) is 18.5 Å². The van der Waals surface area contributed by atoms with E-state index in [0.717, 1.165) is 18.3 Å². The van der Waals surface area contributed by atoms with Crippen molar-refractivity contribution in [3.63, 3.8) is 0 Å². The topological polar surface area (TPSA) is 54.1 Å². The van der Waals surface area contributed by atoms with E-state index < -0.39 is 0 Å². The Morgan fingerprint density at radius 3 is 2.95 bits per heavy atom. The molecule has 0 N–H and O–H groups in total. The van der Waals surface area contributed by atoms with Crippen LogP contribution in [0, 0.1) is 17.2 Å². The standard InChI is InChI=1S/C16H18N4O/c1-19(11-12-6-7-12)15-9-16(20(2)18-15)21-14-5-3-4-13(8-14)10-17/h3-5,8-9,12H,6-7,11H2,1-2H3. The second-order valence-electron chi connectivity index (χ2n) is 5.53. The summed E-state index contributed by atoms with van der Waals surface area (Å²) in [4.78, 5) is 2.16. The third-order valence-corrected chi connectivity index (χ3v) is 3.63. The fourth-order valence-corrected chi connectivity index (χ4v) is 2.25. The van der Waals surface area contributed by atoms with E-state index in [0.29, 0.717) is 17.2 Å². The Balaban J connectivity index is 1.75. The van der Waals surface area contributed by atoms with Gasteiger partial charge in [-0.2, -0.15) is 10.4 Å². The monoisotopic (exact) mass is 282 g/mol. The summed E-state index contributed by atoms with van der Waals surface area (Å²) in [5.74, 6) is 3.04. The summed E-state index contributed by atoms with van der Waals surface area (Å²) in [6.07, 6.45) is 2.64. The van der Waals surface area contributed by atoms with Gasteiger partial charge in [0, 0.05) is 26.7 Å². The van der Waals surface area contributed by atoms with Crippen LogP contribution in [0.3, 0.4) is 0 Å². The molecule has 1 aromatic carbocycles. The molecule has 1 saturated carbocycles. The van der Waals surface area contributed by atoms with Crippen LogP contribution in [0.5, 0.6) is 11.6 Å². The normalized spacial score (nSPS) is 13.8. The van der Waals surface area contributed by atoms with Crippen LogP contribution in [0.15, 0.2) is 30.3 Å². The zero-order chi connectivity index (χ0) is 14.8. The lowest BCUT2D eigenvalue weighted by atomic mass is 10.2. The average Bonchev–Trinajstić information content (AvgIpc) is 3.22. The molecule has 1 heterocycles. The largest absolute Gasteiger partial charge is 0.439 e. The number of rotatable bonds is 5. The molecule has 0 amide bonds. The SMILES string of the molecule is CN(CC1CC1)c1cc(Oc2cccc(C#N)c2)n(C)n1. The maximum atomic E-state index is 8.92. The first-order valence-corrected chi connectivity index (χ1v) is 7.09. The number of nitriles is 1. The van der Waals surface area contributed by atoms with Crippen molar-refractivity contribution in [1.29, 1.82) is 5.26 Å². The number of nitrogens with zero attached hydrogens (tertiary/aromatic N) is 4. The Kier molecular flexibility index (Phi) is 3.53. The first-order chi connectivity index (χ1) is 10.2. The highest BCUT2D eigenvalue weighted by Crippen LogP contribution is 2.32. The van der Waals surface area contributed by atoms with E-state index in [9.17, 15) is 0 Å². The van der Waals surface area contributed by atoms with Crippen LogP contribution in [0.1, 0.15) is 18.4 Å². The van der Waals surface area contributed by atoms with Crippen molar-refractivity contribution in [2.24, 2.45) is 13.0 Å². The van der Waals surface area contributed by atoms with Gasteiger partial charge < -0.3 is 9.64 Å². The zero-order valence-electron chi connectivity index (χ0n) is 12.3. The number of hydrogen-bond acceptors (Lipinski definition) is 4. The summed E-state index contributed by atoms with van der Waals surface area (Å²) in [5, 5.41) is 13.4. The Bertz CT molecular complexity index is 682. The molecule has 0 unspecified atom stereocenters. The molecule has 0 atom stereocenters. The first-order valence-electron chi connectivity index (χ1n) is 7.09. The van der Waals surface area contributed by atoms with E-state index in [4.69, 9.17) is 10.00 Å². The van der Waals surface area contributed by atoms with E-state index in [1.165, 1.54) is 12.8 Å². The van der Waals surface area contributed by atoms with E-state index >= 15 is 0 Å². The molecule has 108 valence electrons. The maximum Gasteiger partial charge on any atom is 0.219 e. The van der Waals surface area contributed by atoms with Gasteiger partial charge in [0.15, 0.2) is 5.82 Å². The summed E-state index contributed by atoms with van der Waals surface area (Å²) < 4.78 is 7.55. The van der Waals surface area contributed by atoms with Crippen LogP contribution in [-0.2, 0) is 7.05 Å². The van der Waals surface area contributed by atoms with Gasteiger partial charge in [0.2, 0.25) is 5.88 Å². The molecule has 5 nitrogen and oxygen atoms in total. The molecule has 3 rings (SSSR count). The highest BCUT2D eigenvalue weighted by Gasteiger charge is 2.24. The summed E-state index contributed by atoms with van der Waals surface area (Å²) in [7, 11) is 3.92. The second-order valence-corrected chi connectivity index (χ2v) is 5.53. The highest BCUT2D eigenvalue weighted by molar-refractivity contribution is 5.44. The Labute approximate surface area is 124 Å². The summed E-state index contributed by atoms with van der Waals surface area (Å²) in [6, 6.07) is 11.2. The van der Waals surface area contributed by atoms with Gasteiger partial charge in [-0.15, -0.1) is 0 Å². The third-order valence-electron chi connectivity index (χ3n) is 3.63. The van der Waals surface area contributed by atoms with E-state index in [2.05, 4.69) is 23.1 Å². The number of benzene rings is 1. The van der Waals surface area contributed by atoms with Crippen molar-refractivity contribution in [2.45, 2.75) is 12.8 Å². The summed E-state index contributed by atoms with van der Waals surface area (Å²) in [5.41, 5.74) is 0.584. The van der Waals surface area contributed by atoms with Gasteiger partial charge in [-0.05, 0) is 37.0 Å². The van der Waals surface area contributed by atoms with Gasteiger partial charge in [-0.1, -0.05) is 6.07 Å². The van der Waals surface area contributed by atoms with Crippen LogP contribution in [0.25, 0.3) is 0 Å². The Hall–Kier alpha value is -2.48. The van der Waals surface area contributed by atoms with Crippen LogP contribution in [0.2, 0.25) is 0 Å². The number of anilines is 1. The smallest absolute Gasteiger partial charge is 0.219 e. The van der Waals surface area contributed by atoms with Crippen molar-refractivity contribution < 1.29 is 4.74 Å². The van der Waals surface area contributed by atoms with E-state index in [1.807, 2.05) is 25.2 Å². The molecular formula is C16H18N4O. The van der Waals surface area contributed by atoms with Gasteiger partial charge in [-0.25, -0.2) is 4.68 Å². The van der Waals surface area contributed by atoms with Gasteiger partial charge in [0.1, 0.15) is 5.75 Å². The molecule has 5 heteroatoms. The minimum Gasteiger partial charge on any atom is -0.439 e. The molecule has 0 aliphatic heterocycles. The summed E-state index contributed by atoms with van der Waals surface area (Å²) >= 11 is 0. The molecule has 0 bridgehead atoms. The second kappa shape index (κ2) is 5.49. The molecular weight excluding hydrogens is 264 g/mol. The first kappa shape index (κ1) is 13.5. The average molecular weight is 282 g/mol. The predicted molar refractivity (Wildman–Crippen MR) is 80.4 cm³/mol. The molecule has 0 saturated heterocycles. The van der Waals surface area contributed by atoms with Crippen molar-refractivity contribution in [1.82, 2.24) is 9.78 Å². The zero-order valence-corrected chi connectivity index (χ0v) is 12.3. The lowest BCUT2D eigenvalue weighted by molar-refractivity contribution is 0.430. The molecule has 0 radical (unpaired) electrons. The fraction of sp³-hybridized carbons (Fsp3) is 0.375. The van der Waals surface area contributed by atoms with Crippen LogP contribution >= 0.6 is 0 Å². The Morgan fingerprint density at radius 2 is 2.24 bits per heavy atom. The quantitative estimate of drug-likeness (QED) is 0.846. The summed E-state index contributed by atoms with van der Waals surface area (Å²) in [6.45, 7) is 1.04. The minimum absolute atomic E-state index is 0.584. The number of ether oxygens (including phenoxy) is 1. The Morgan fingerprint density at radius 1 is 1.43 bits per heavy atom. The maximum absolute atomic E-state index is 8.92. The van der Waals surface area contributed by atoms with Gasteiger partial charge in [0.05, 0.1) is 11.6 Å². The van der Waals surface area contributed by atoms with E-state index in [-0.39, 0.29) is 0 Å². The van der Waals surface area contributed by atoms with Crippen molar-refractivity contribution in [3.8, 4) is 17.7 Å². The highest BCUT2D eigenvalue weighted by atomic mass is 16.5. The predicted octanol–water partition coefficient (Wildman–Crippen LogP) is 2.93. The van der Waals surface area contributed by atoms with Crippen LogP contribution in [-0.4, -0.2) is 23.4 Å². The number of aryl methyl sites for hydroxylation is 1. The van der Waals surface area contributed by atoms with Gasteiger partial charge >= 0.3 is 0 Å². The lowest BCUT2D eigenvalue weighted by Crippen LogP contribution is -2.20. The molecule has 0 spiro atoms. The lowest BCUT2D eigenvalue weighted by Gasteiger charge is -2.14. The minimum atomic E-state index is 0.584. The van der Waals surface area contributed by atoms with Crippen LogP contribution in [0.4, 0.5) is 5.82 Å². The fourth-order valence-electron chi connectivity index (χ4n) is 2.25. The molecule has 1 aliphatic rings. The van der Waals surface area contributed by atoms with Crippen LogP contribution < -0.4 is 9.64 Å². The molecule has 1 aliphatic carbocycles. The molecule has 1 fully saturated rings. The van der Waals surface area contributed by atoms with Crippen molar-refractivity contribution >= 4 is 5.82 Å². The number of hydrogen-bond donors (Lipinski definition) is 0. The third kappa shape index (κ3) is 3.16.